The minimum Gasteiger partial charge on any atom is -0.480 e. The molecule has 1 heterocycles. The molecular formula is C11H13NO3S. The molecule has 1 atom stereocenters. The monoisotopic (exact) mass is 239 g/mol. The minimum atomic E-state index is -1.04. The van der Waals surface area contributed by atoms with Gasteiger partial charge in [0.05, 0.1) is 6.42 Å². The fraction of sp³-hybridized carbons (Fsp3) is 0.273. The first-order valence-corrected chi connectivity index (χ1v) is 5.72. The number of carboxylic acid groups (broad SMARTS) is 1. The minimum absolute atomic E-state index is 0.213. The van der Waals surface area contributed by atoms with Crippen molar-refractivity contribution in [2.45, 2.75) is 18.9 Å². The molecule has 4 nitrogen and oxygen atoms in total. The number of nitrogens with one attached hydrogen (secondary N) is 1. The lowest BCUT2D eigenvalue weighted by atomic mass is 10.2. The van der Waals surface area contributed by atoms with E-state index in [1.54, 1.807) is 0 Å². The van der Waals surface area contributed by atoms with Crippen LogP contribution in [0.4, 0.5) is 0 Å². The maximum absolute atomic E-state index is 11.5. The van der Waals surface area contributed by atoms with Gasteiger partial charge in [-0.1, -0.05) is 6.08 Å². The zero-order valence-electron chi connectivity index (χ0n) is 8.68. The summed E-state index contributed by atoms with van der Waals surface area (Å²) in [6, 6.07) is 0.955. The number of aliphatic carboxylic acids is 1. The molecule has 2 N–H and O–H groups in total. The molecule has 0 aliphatic heterocycles. The highest BCUT2D eigenvalue weighted by atomic mass is 32.1. The summed E-state index contributed by atoms with van der Waals surface area (Å²) in [7, 11) is 0. The van der Waals surface area contributed by atoms with Crippen LogP contribution < -0.4 is 5.32 Å². The quantitative estimate of drug-likeness (QED) is 0.738. The van der Waals surface area contributed by atoms with Crippen LogP contribution in [-0.2, 0) is 16.0 Å². The van der Waals surface area contributed by atoms with Crippen LogP contribution in [-0.4, -0.2) is 23.0 Å². The summed E-state index contributed by atoms with van der Waals surface area (Å²) in [5.74, 6) is -1.33. The summed E-state index contributed by atoms with van der Waals surface area (Å²) in [6.45, 7) is 3.45. The fourth-order valence-corrected chi connectivity index (χ4v) is 1.88. The molecule has 86 valence electrons. The Morgan fingerprint density at radius 1 is 1.62 bits per heavy atom. The number of carboxylic acids is 1. The van der Waals surface area contributed by atoms with Gasteiger partial charge in [-0.2, -0.15) is 11.3 Å². The third kappa shape index (κ3) is 3.86. The highest BCUT2D eigenvalue weighted by molar-refractivity contribution is 7.07. The van der Waals surface area contributed by atoms with Crippen LogP contribution in [0.3, 0.4) is 0 Å². The first-order valence-electron chi connectivity index (χ1n) is 4.77. The number of hydrogen-bond acceptors (Lipinski definition) is 3. The zero-order valence-corrected chi connectivity index (χ0v) is 9.50. The van der Waals surface area contributed by atoms with E-state index in [0.29, 0.717) is 0 Å². The molecule has 0 spiro atoms. The van der Waals surface area contributed by atoms with E-state index in [1.165, 1.54) is 17.4 Å². The molecule has 5 heteroatoms. The molecule has 0 saturated carbocycles. The van der Waals surface area contributed by atoms with Crippen molar-refractivity contribution in [1.82, 2.24) is 5.32 Å². The van der Waals surface area contributed by atoms with Gasteiger partial charge in [0.25, 0.3) is 0 Å². The lowest BCUT2D eigenvalue weighted by Gasteiger charge is -2.11. The second-order valence-corrected chi connectivity index (χ2v) is 4.07. The first kappa shape index (κ1) is 12.4. The topological polar surface area (TPSA) is 66.4 Å². The van der Waals surface area contributed by atoms with Gasteiger partial charge in [0, 0.05) is 0 Å². The normalized spacial score (nSPS) is 11.8. The van der Waals surface area contributed by atoms with Gasteiger partial charge >= 0.3 is 5.97 Å². The molecule has 0 aliphatic rings. The van der Waals surface area contributed by atoms with Crippen molar-refractivity contribution in [3.05, 3.63) is 35.0 Å². The molecule has 1 aromatic heterocycles. The molecule has 1 aromatic rings. The van der Waals surface area contributed by atoms with E-state index in [0.717, 1.165) is 5.56 Å². The maximum Gasteiger partial charge on any atom is 0.326 e. The van der Waals surface area contributed by atoms with Gasteiger partial charge in [-0.15, -0.1) is 6.58 Å². The summed E-state index contributed by atoms with van der Waals surface area (Å²) in [4.78, 5) is 22.3. The average molecular weight is 239 g/mol. The number of amides is 1. The Kier molecular flexibility index (Phi) is 4.72. The Bertz CT molecular complexity index is 373. The summed E-state index contributed by atoms with van der Waals surface area (Å²) in [5, 5.41) is 15.0. The largest absolute Gasteiger partial charge is 0.480 e. The van der Waals surface area contributed by atoms with E-state index in [9.17, 15) is 9.59 Å². The van der Waals surface area contributed by atoms with Crippen molar-refractivity contribution in [1.29, 1.82) is 0 Å². The maximum atomic E-state index is 11.5. The zero-order chi connectivity index (χ0) is 12.0. The van der Waals surface area contributed by atoms with E-state index < -0.39 is 12.0 Å². The Balaban J connectivity index is 2.48. The number of hydrogen-bond donors (Lipinski definition) is 2. The number of rotatable bonds is 6. The van der Waals surface area contributed by atoms with E-state index >= 15 is 0 Å². The number of carbonyl (C=O) groups is 2. The van der Waals surface area contributed by atoms with Gasteiger partial charge < -0.3 is 10.4 Å². The summed E-state index contributed by atoms with van der Waals surface area (Å²) in [5.41, 5.74) is 0.894. The van der Waals surface area contributed by atoms with E-state index in [1.807, 2.05) is 16.8 Å². The summed E-state index contributed by atoms with van der Waals surface area (Å²) < 4.78 is 0. The average Bonchev–Trinajstić information content (AvgIpc) is 2.69. The fourth-order valence-electron chi connectivity index (χ4n) is 1.21. The number of thiophene rings is 1. The molecule has 0 aliphatic carbocycles. The Hall–Kier alpha value is -1.62. The number of carbonyl (C=O) groups excluding carboxylic acids is 1. The molecule has 1 rings (SSSR count). The van der Waals surface area contributed by atoms with Crippen LogP contribution in [0.25, 0.3) is 0 Å². The molecule has 0 bridgehead atoms. The SMILES string of the molecule is C=CCC(NC(=O)Cc1ccsc1)C(=O)O. The first-order chi connectivity index (χ1) is 7.63. The standard InChI is InChI=1S/C11H13NO3S/c1-2-3-9(11(14)15)12-10(13)6-8-4-5-16-7-8/h2,4-5,7,9H,1,3,6H2,(H,12,13)(H,14,15). The van der Waals surface area contributed by atoms with Crippen molar-refractivity contribution in [2.75, 3.05) is 0 Å². The highest BCUT2D eigenvalue weighted by Crippen LogP contribution is 2.06. The van der Waals surface area contributed by atoms with Crippen LogP contribution in [0.2, 0.25) is 0 Å². The van der Waals surface area contributed by atoms with Crippen molar-refractivity contribution in [3.63, 3.8) is 0 Å². The van der Waals surface area contributed by atoms with Crippen LogP contribution in [0.5, 0.6) is 0 Å². The molecular weight excluding hydrogens is 226 g/mol. The molecule has 1 unspecified atom stereocenters. The lowest BCUT2D eigenvalue weighted by Crippen LogP contribution is -2.41. The second-order valence-electron chi connectivity index (χ2n) is 3.29. The Morgan fingerprint density at radius 2 is 2.38 bits per heavy atom. The van der Waals surface area contributed by atoms with Crippen molar-refractivity contribution < 1.29 is 14.7 Å². The highest BCUT2D eigenvalue weighted by Gasteiger charge is 2.18. The Labute approximate surface area is 97.6 Å². The van der Waals surface area contributed by atoms with E-state index in [-0.39, 0.29) is 18.7 Å². The smallest absolute Gasteiger partial charge is 0.326 e. The van der Waals surface area contributed by atoms with Gasteiger partial charge in [0.1, 0.15) is 6.04 Å². The molecule has 0 aromatic carbocycles. The van der Waals surface area contributed by atoms with Crippen LogP contribution in [0.15, 0.2) is 29.5 Å². The molecule has 1 amide bonds. The summed E-state index contributed by atoms with van der Waals surface area (Å²) >= 11 is 1.50. The van der Waals surface area contributed by atoms with E-state index in [2.05, 4.69) is 11.9 Å². The third-order valence-corrected chi connectivity index (χ3v) is 2.71. The van der Waals surface area contributed by atoms with Crippen LogP contribution in [0.1, 0.15) is 12.0 Å². The van der Waals surface area contributed by atoms with Gasteiger partial charge in [0.15, 0.2) is 0 Å². The van der Waals surface area contributed by atoms with Crippen molar-refractivity contribution in [2.24, 2.45) is 0 Å². The predicted molar refractivity (Wildman–Crippen MR) is 62.4 cm³/mol. The van der Waals surface area contributed by atoms with Gasteiger partial charge in [-0.3, -0.25) is 4.79 Å². The van der Waals surface area contributed by atoms with Gasteiger partial charge in [-0.05, 0) is 28.8 Å². The second kappa shape index (κ2) is 6.07. The molecule has 0 saturated heterocycles. The van der Waals surface area contributed by atoms with Crippen LogP contribution in [0, 0.1) is 0 Å². The van der Waals surface area contributed by atoms with Gasteiger partial charge in [-0.25, -0.2) is 4.79 Å². The van der Waals surface area contributed by atoms with Crippen molar-refractivity contribution >= 4 is 23.2 Å². The van der Waals surface area contributed by atoms with Crippen LogP contribution >= 0.6 is 11.3 Å². The van der Waals surface area contributed by atoms with Crippen molar-refractivity contribution in [3.8, 4) is 0 Å². The molecule has 16 heavy (non-hydrogen) atoms. The Morgan fingerprint density at radius 3 is 2.88 bits per heavy atom. The van der Waals surface area contributed by atoms with Gasteiger partial charge in [0.2, 0.25) is 5.91 Å². The summed E-state index contributed by atoms with van der Waals surface area (Å²) in [6.07, 6.45) is 1.92. The van der Waals surface area contributed by atoms with E-state index in [4.69, 9.17) is 5.11 Å². The predicted octanol–water partition coefficient (Wildman–Crippen LogP) is 1.44. The molecule has 0 radical (unpaired) electrons. The lowest BCUT2D eigenvalue weighted by molar-refractivity contribution is -0.141. The molecule has 0 fully saturated rings. The third-order valence-electron chi connectivity index (χ3n) is 1.98.